The first kappa shape index (κ1) is 32.4. The highest BCUT2D eigenvalue weighted by Gasteiger charge is 2.33. The molecule has 0 spiro atoms. The number of hydrogen-bond acceptors (Lipinski definition) is 6. The number of nitrogens with zero attached hydrogens (tertiary/aromatic N) is 2. The fourth-order valence-electron chi connectivity index (χ4n) is 4.43. The summed E-state index contributed by atoms with van der Waals surface area (Å²) in [5.41, 5.74) is 1.51. The van der Waals surface area contributed by atoms with E-state index in [1.165, 1.54) is 49.5 Å². The van der Waals surface area contributed by atoms with Crippen LogP contribution >= 0.6 is 0 Å². The fraction of sp³-hybridized carbons (Fsp3) is 0.355. The highest BCUT2D eigenvalue weighted by atomic mass is 32.2. The third-order valence-corrected chi connectivity index (χ3v) is 7.83. The SMILES string of the molecule is CCCCNC(=O)[C@@H](Cc1ccccc1)N(Cc1ccc(F)cc1)C(=O)CN(c1cc(OC)ccc1OC)S(C)(=O)=O. The van der Waals surface area contributed by atoms with Crippen LogP contribution in [0.5, 0.6) is 11.5 Å². The van der Waals surface area contributed by atoms with Gasteiger partial charge in [-0.05, 0) is 41.8 Å². The number of methoxy groups -OCH3 is 2. The van der Waals surface area contributed by atoms with Crippen molar-refractivity contribution in [1.29, 1.82) is 0 Å². The lowest BCUT2D eigenvalue weighted by Gasteiger charge is -2.33. The van der Waals surface area contributed by atoms with Crippen molar-refractivity contribution in [2.45, 2.75) is 38.8 Å². The minimum atomic E-state index is -4.00. The monoisotopic (exact) mass is 599 g/mol. The second kappa shape index (κ2) is 15.2. The maximum absolute atomic E-state index is 14.2. The molecule has 1 N–H and O–H groups in total. The number of halogens is 1. The second-order valence-corrected chi connectivity index (χ2v) is 11.7. The molecule has 3 aromatic rings. The summed E-state index contributed by atoms with van der Waals surface area (Å²) in [7, 11) is -1.17. The van der Waals surface area contributed by atoms with Gasteiger partial charge in [0, 0.05) is 25.6 Å². The highest BCUT2D eigenvalue weighted by Crippen LogP contribution is 2.34. The number of unbranched alkanes of at least 4 members (excludes halogenated alkanes) is 1. The molecule has 3 rings (SSSR count). The van der Waals surface area contributed by atoms with Gasteiger partial charge in [0.25, 0.3) is 0 Å². The van der Waals surface area contributed by atoms with Crippen molar-refractivity contribution in [1.82, 2.24) is 10.2 Å². The number of carbonyl (C=O) groups is 2. The summed E-state index contributed by atoms with van der Waals surface area (Å²) in [5.74, 6) is -0.846. The van der Waals surface area contributed by atoms with Gasteiger partial charge in [-0.25, -0.2) is 12.8 Å². The van der Waals surface area contributed by atoms with Gasteiger partial charge in [0.1, 0.15) is 29.9 Å². The van der Waals surface area contributed by atoms with Crippen LogP contribution in [0.4, 0.5) is 10.1 Å². The molecule has 0 aliphatic carbocycles. The molecular formula is C31H38FN3O6S. The van der Waals surface area contributed by atoms with Crippen molar-refractivity contribution in [2.24, 2.45) is 0 Å². The number of benzene rings is 3. The lowest BCUT2D eigenvalue weighted by molar-refractivity contribution is -0.140. The highest BCUT2D eigenvalue weighted by molar-refractivity contribution is 7.92. The molecule has 0 heterocycles. The predicted octanol–water partition coefficient (Wildman–Crippen LogP) is 4.17. The summed E-state index contributed by atoms with van der Waals surface area (Å²) in [4.78, 5) is 29.1. The van der Waals surface area contributed by atoms with Gasteiger partial charge in [0.2, 0.25) is 21.8 Å². The molecule has 0 aliphatic heterocycles. The van der Waals surface area contributed by atoms with Gasteiger partial charge in [0.05, 0.1) is 26.2 Å². The number of rotatable bonds is 15. The quantitative estimate of drug-likeness (QED) is 0.263. The van der Waals surface area contributed by atoms with Crippen molar-refractivity contribution in [2.75, 3.05) is 37.9 Å². The summed E-state index contributed by atoms with van der Waals surface area (Å²) in [6, 6.07) is 18.5. The van der Waals surface area contributed by atoms with Crippen LogP contribution in [0.15, 0.2) is 72.8 Å². The average Bonchev–Trinajstić information content (AvgIpc) is 2.98. The Morgan fingerprint density at radius 3 is 2.24 bits per heavy atom. The van der Waals surface area contributed by atoms with E-state index in [1.807, 2.05) is 37.3 Å². The predicted molar refractivity (Wildman–Crippen MR) is 161 cm³/mol. The largest absolute Gasteiger partial charge is 0.497 e. The summed E-state index contributed by atoms with van der Waals surface area (Å²) < 4.78 is 51.5. The summed E-state index contributed by atoms with van der Waals surface area (Å²) in [6.07, 6.45) is 2.80. The minimum Gasteiger partial charge on any atom is -0.497 e. The number of anilines is 1. The Bertz CT molecular complexity index is 1430. The molecule has 0 bridgehead atoms. The van der Waals surface area contributed by atoms with Gasteiger partial charge < -0.3 is 19.7 Å². The smallest absolute Gasteiger partial charge is 0.244 e. The first-order valence-electron chi connectivity index (χ1n) is 13.6. The lowest BCUT2D eigenvalue weighted by Crippen LogP contribution is -2.53. The standard InChI is InChI=1S/C31H38FN3O6S/c1-5-6-18-33-31(37)28(19-23-10-8-7-9-11-23)34(21-24-12-14-25(32)15-13-24)30(36)22-35(42(4,38)39)27-20-26(40-2)16-17-29(27)41-3/h7-17,20,28H,5-6,18-19,21-22H2,1-4H3,(H,33,37)/t28-/m1/s1. The second-order valence-electron chi connectivity index (χ2n) is 9.81. The van der Waals surface area contributed by atoms with E-state index in [4.69, 9.17) is 9.47 Å². The number of ether oxygens (including phenoxy) is 2. The van der Waals surface area contributed by atoms with Gasteiger partial charge in [-0.2, -0.15) is 0 Å². The number of sulfonamides is 1. The Kier molecular flexibility index (Phi) is 11.7. The Morgan fingerprint density at radius 2 is 1.64 bits per heavy atom. The van der Waals surface area contributed by atoms with Gasteiger partial charge in [-0.15, -0.1) is 0 Å². The number of carbonyl (C=O) groups excluding carboxylic acids is 2. The van der Waals surface area contributed by atoms with Crippen molar-refractivity contribution >= 4 is 27.5 Å². The molecule has 1 atom stereocenters. The molecule has 226 valence electrons. The van der Waals surface area contributed by atoms with Crippen LogP contribution in [0.2, 0.25) is 0 Å². The average molecular weight is 600 g/mol. The topological polar surface area (TPSA) is 105 Å². The van der Waals surface area contributed by atoms with Crippen LogP contribution < -0.4 is 19.1 Å². The Morgan fingerprint density at radius 1 is 0.952 bits per heavy atom. The number of hydrogen-bond donors (Lipinski definition) is 1. The van der Waals surface area contributed by atoms with Gasteiger partial charge >= 0.3 is 0 Å². The zero-order valence-electron chi connectivity index (χ0n) is 24.4. The van der Waals surface area contributed by atoms with E-state index in [9.17, 15) is 22.4 Å². The van der Waals surface area contributed by atoms with Crippen LogP contribution in [-0.4, -0.2) is 64.7 Å². The molecule has 0 saturated carbocycles. The van der Waals surface area contributed by atoms with Gasteiger partial charge in [0.15, 0.2) is 0 Å². The zero-order chi connectivity index (χ0) is 30.7. The molecule has 0 unspecified atom stereocenters. The Hall–Kier alpha value is -4.12. The minimum absolute atomic E-state index is 0.0509. The third kappa shape index (κ3) is 8.94. The molecule has 11 heteroatoms. The van der Waals surface area contributed by atoms with E-state index < -0.39 is 34.3 Å². The van der Waals surface area contributed by atoms with E-state index >= 15 is 0 Å². The Labute approximate surface area is 247 Å². The van der Waals surface area contributed by atoms with Crippen molar-refractivity contribution in [3.05, 3.63) is 89.7 Å². The molecule has 9 nitrogen and oxygen atoms in total. The fourth-order valence-corrected chi connectivity index (χ4v) is 5.28. The molecule has 3 aromatic carbocycles. The van der Waals surface area contributed by atoms with E-state index in [1.54, 1.807) is 12.1 Å². The first-order chi connectivity index (χ1) is 20.1. The molecule has 0 fully saturated rings. The molecule has 0 radical (unpaired) electrons. The molecule has 0 saturated heterocycles. The van der Waals surface area contributed by atoms with Crippen LogP contribution in [0, 0.1) is 5.82 Å². The number of amides is 2. The molecule has 0 aromatic heterocycles. The van der Waals surface area contributed by atoms with Crippen molar-refractivity contribution < 1.29 is 31.9 Å². The summed E-state index contributed by atoms with van der Waals surface area (Å²) in [6.45, 7) is 1.77. The van der Waals surface area contributed by atoms with E-state index in [-0.39, 0.29) is 30.3 Å². The van der Waals surface area contributed by atoms with Gasteiger partial charge in [-0.1, -0.05) is 55.8 Å². The molecule has 42 heavy (non-hydrogen) atoms. The van der Waals surface area contributed by atoms with Crippen molar-refractivity contribution in [3.63, 3.8) is 0 Å². The van der Waals surface area contributed by atoms with E-state index in [2.05, 4.69) is 5.32 Å². The lowest BCUT2D eigenvalue weighted by atomic mass is 10.0. The van der Waals surface area contributed by atoms with Crippen molar-refractivity contribution in [3.8, 4) is 11.5 Å². The summed E-state index contributed by atoms with van der Waals surface area (Å²) >= 11 is 0. The van der Waals surface area contributed by atoms with Crippen LogP contribution in [-0.2, 0) is 32.6 Å². The molecule has 2 amide bonds. The number of nitrogens with one attached hydrogen (secondary N) is 1. The first-order valence-corrected chi connectivity index (χ1v) is 15.5. The van der Waals surface area contributed by atoms with Crippen LogP contribution in [0.25, 0.3) is 0 Å². The maximum atomic E-state index is 14.2. The maximum Gasteiger partial charge on any atom is 0.244 e. The van der Waals surface area contributed by atoms with E-state index in [0.717, 1.165) is 29.0 Å². The zero-order valence-corrected chi connectivity index (χ0v) is 25.2. The van der Waals surface area contributed by atoms with Gasteiger partial charge in [-0.3, -0.25) is 13.9 Å². The Balaban J connectivity index is 2.08. The summed E-state index contributed by atoms with van der Waals surface area (Å²) in [5, 5.41) is 2.92. The third-order valence-electron chi connectivity index (χ3n) is 6.70. The molecular weight excluding hydrogens is 561 g/mol. The van der Waals surface area contributed by atoms with Crippen LogP contribution in [0.1, 0.15) is 30.9 Å². The molecule has 0 aliphatic rings. The normalized spacial score (nSPS) is 11.8. The van der Waals surface area contributed by atoms with E-state index in [0.29, 0.717) is 17.9 Å². The van der Waals surface area contributed by atoms with Crippen LogP contribution in [0.3, 0.4) is 0 Å².